The Bertz CT molecular complexity index is 2150. The van der Waals surface area contributed by atoms with E-state index in [1.165, 1.54) is 12.1 Å². The third-order valence-electron chi connectivity index (χ3n) is 8.03. The predicted octanol–water partition coefficient (Wildman–Crippen LogP) is 7.33. The van der Waals surface area contributed by atoms with Gasteiger partial charge < -0.3 is 19.5 Å². The van der Waals surface area contributed by atoms with Gasteiger partial charge in [-0.3, -0.25) is 9.59 Å². The second-order valence-corrected chi connectivity index (χ2v) is 11.8. The number of rotatable bonds is 13. The summed E-state index contributed by atoms with van der Waals surface area (Å²) in [7, 11) is 0. The number of nitrogens with one attached hydrogen (secondary N) is 2. The van der Waals surface area contributed by atoms with Crippen molar-refractivity contribution in [1.82, 2.24) is 15.5 Å². The summed E-state index contributed by atoms with van der Waals surface area (Å²) in [5.41, 5.74) is 3.12. The average Bonchev–Trinajstić information content (AvgIpc) is 3.18. The van der Waals surface area contributed by atoms with Crippen molar-refractivity contribution in [2.75, 3.05) is 0 Å². The van der Waals surface area contributed by atoms with E-state index in [4.69, 9.17) is 14.2 Å². The number of H-pyrrole nitrogens is 1. The van der Waals surface area contributed by atoms with Crippen LogP contribution in [0.2, 0.25) is 0 Å². The highest BCUT2D eigenvalue weighted by atomic mass is 19.1. The van der Waals surface area contributed by atoms with E-state index >= 15 is 4.39 Å². The molecule has 0 radical (unpaired) electrons. The van der Waals surface area contributed by atoms with Gasteiger partial charge in [0.2, 0.25) is 5.90 Å². The average molecular weight is 699 g/mol. The SMILES string of the molecule is O=C(C[C@H](NC(=O)OCc1ccccc1)C(=Nc1cc(Cc2n[nH]c(=O)c3ccccc23)ccc1F)OCc1ccccc1)OCc1ccccc1. The molecular formula is C41H35FN4O6. The van der Waals surface area contributed by atoms with Gasteiger partial charge in [0.1, 0.15) is 37.4 Å². The third-order valence-corrected chi connectivity index (χ3v) is 8.03. The maximum Gasteiger partial charge on any atom is 0.408 e. The number of halogens is 1. The van der Waals surface area contributed by atoms with Crippen molar-refractivity contribution in [3.05, 3.63) is 178 Å². The molecular weight excluding hydrogens is 663 g/mol. The molecule has 0 aliphatic carbocycles. The van der Waals surface area contributed by atoms with Crippen LogP contribution in [0.15, 0.2) is 143 Å². The number of nitrogens with zero attached hydrogens (tertiary/aromatic N) is 2. The van der Waals surface area contributed by atoms with Gasteiger partial charge in [-0.15, -0.1) is 0 Å². The molecule has 6 aromatic rings. The Balaban J connectivity index is 1.31. The first kappa shape index (κ1) is 35.2. The van der Waals surface area contributed by atoms with Crippen molar-refractivity contribution in [1.29, 1.82) is 0 Å². The molecule has 10 nitrogen and oxygen atoms in total. The van der Waals surface area contributed by atoms with Crippen molar-refractivity contribution in [2.24, 2.45) is 4.99 Å². The minimum absolute atomic E-state index is 0.00454. The lowest BCUT2D eigenvalue weighted by Gasteiger charge is -2.21. The van der Waals surface area contributed by atoms with Crippen LogP contribution in [0.4, 0.5) is 14.9 Å². The third kappa shape index (κ3) is 9.75. The van der Waals surface area contributed by atoms with E-state index in [-0.39, 0.29) is 43.4 Å². The van der Waals surface area contributed by atoms with Gasteiger partial charge in [0.05, 0.1) is 17.5 Å². The standard InChI is InChI=1S/C41H35FN4O6/c42-34-21-20-31(22-35-32-18-10-11-19-33(32)39(48)46-45-35)23-36(34)43-40(51-26-29-14-6-2-7-15-29)37(24-38(47)50-25-28-12-4-1-5-13-28)44-41(49)52-27-30-16-8-3-9-17-30/h1-21,23,37H,22,24-27H2,(H,44,49)(H,46,48)/t37-/m0/s1. The monoisotopic (exact) mass is 698 g/mol. The summed E-state index contributed by atoms with van der Waals surface area (Å²) < 4.78 is 32.7. The van der Waals surface area contributed by atoms with Crippen LogP contribution in [-0.4, -0.2) is 34.2 Å². The second kappa shape index (κ2) is 17.3. The Kier molecular flexibility index (Phi) is 11.7. The number of esters is 1. The van der Waals surface area contributed by atoms with Gasteiger partial charge in [0, 0.05) is 11.8 Å². The van der Waals surface area contributed by atoms with E-state index in [0.29, 0.717) is 22.0 Å². The molecule has 0 aliphatic rings. The predicted molar refractivity (Wildman–Crippen MR) is 194 cm³/mol. The van der Waals surface area contributed by atoms with E-state index in [1.807, 2.05) is 97.1 Å². The Morgan fingerprint density at radius 1 is 0.692 bits per heavy atom. The Hall–Kier alpha value is -6.62. The number of aromatic nitrogens is 2. The zero-order valence-corrected chi connectivity index (χ0v) is 28.0. The smallest absolute Gasteiger partial charge is 0.408 e. The Morgan fingerprint density at radius 2 is 1.25 bits per heavy atom. The van der Waals surface area contributed by atoms with Gasteiger partial charge >= 0.3 is 12.1 Å². The van der Waals surface area contributed by atoms with Crippen molar-refractivity contribution >= 4 is 34.4 Å². The lowest BCUT2D eigenvalue weighted by Crippen LogP contribution is -2.43. The molecule has 0 unspecified atom stereocenters. The fourth-order valence-corrected chi connectivity index (χ4v) is 5.39. The number of ether oxygens (including phenoxy) is 3. The molecule has 1 amide bonds. The molecule has 1 heterocycles. The van der Waals surface area contributed by atoms with Gasteiger partial charge in [-0.25, -0.2) is 19.3 Å². The summed E-state index contributed by atoms with van der Waals surface area (Å²) in [6, 6.07) is 37.7. The number of benzene rings is 5. The first-order valence-electron chi connectivity index (χ1n) is 16.6. The molecule has 52 heavy (non-hydrogen) atoms. The summed E-state index contributed by atoms with van der Waals surface area (Å²) in [5.74, 6) is -1.46. The molecule has 262 valence electrons. The maximum atomic E-state index is 15.5. The molecule has 0 bridgehead atoms. The summed E-state index contributed by atoms with van der Waals surface area (Å²) >= 11 is 0. The zero-order chi connectivity index (χ0) is 36.1. The highest BCUT2D eigenvalue weighted by Gasteiger charge is 2.26. The molecule has 11 heteroatoms. The number of aliphatic imine (C=N–C) groups is 1. The number of aromatic amines is 1. The summed E-state index contributed by atoms with van der Waals surface area (Å²) in [5, 5.41) is 10.6. The molecule has 0 fully saturated rings. The molecule has 1 atom stereocenters. The van der Waals surface area contributed by atoms with Crippen LogP contribution in [0.25, 0.3) is 10.8 Å². The first-order valence-corrected chi connectivity index (χ1v) is 16.6. The molecule has 0 aliphatic heterocycles. The number of hydrogen-bond acceptors (Lipinski definition) is 8. The van der Waals surface area contributed by atoms with Gasteiger partial charge in [-0.1, -0.05) is 115 Å². The van der Waals surface area contributed by atoms with Gasteiger partial charge in [0.15, 0.2) is 0 Å². The fraction of sp³-hybridized carbons (Fsp3) is 0.146. The topological polar surface area (TPSA) is 132 Å². The van der Waals surface area contributed by atoms with Crippen molar-refractivity contribution in [2.45, 2.75) is 38.7 Å². The van der Waals surface area contributed by atoms with E-state index in [1.54, 1.807) is 24.3 Å². The fourth-order valence-electron chi connectivity index (χ4n) is 5.39. The van der Waals surface area contributed by atoms with Crippen LogP contribution >= 0.6 is 0 Å². The van der Waals surface area contributed by atoms with Crippen LogP contribution in [0.3, 0.4) is 0 Å². The molecule has 0 saturated carbocycles. The number of fused-ring (bicyclic) bond motifs is 1. The van der Waals surface area contributed by atoms with E-state index in [0.717, 1.165) is 16.7 Å². The Morgan fingerprint density at radius 3 is 1.88 bits per heavy atom. The number of alkyl carbamates (subject to hydrolysis) is 1. The number of carbonyl (C=O) groups is 2. The summed E-state index contributed by atoms with van der Waals surface area (Å²) in [4.78, 5) is 43.3. The zero-order valence-electron chi connectivity index (χ0n) is 28.0. The number of hydrogen-bond donors (Lipinski definition) is 2. The van der Waals surface area contributed by atoms with E-state index in [2.05, 4.69) is 20.5 Å². The van der Waals surface area contributed by atoms with Crippen molar-refractivity contribution < 1.29 is 28.2 Å². The molecule has 5 aromatic carbocycles. The molecule has 2 N–H and O–H groups in total. The number of carbonyl (C=O) groups excluding carboxylic acids is 2. The van der Waals surface area contributed by atoms with E-state index in [9.17, 15) is 14.4 Å². The van der Waals surface area contributed by atoms with E-state index < -0.39 is 30.3 Å². The normalized spacial score (nSPS) is 11.8. The summed E-state index contributed by atoms with van der Waals surface area (Å²) in [6.07, 6.45) is -0.985. The van der Waals surface area contributed by atoms with Gasteiger partial charge in [-0.2, -0.15) is 5.10 Å². The first-order chi connectivity index (χ1) is 25.4. The van der Waals surface area contributed by atoms with Crippen molar-refractivity contribution in [3.8, 4) is 0 Å². The molecule has 6 rings (SSSR count). The Labute approximate surface area is 298 Å². The minimum atomic E-state index is -1.21. The van der Waals surface area contributed by atoms with Crippen LogP contribution in [-0.2, 0) is 45.2 Å². The second-order valence-electron chi connectivity index (χ2n) is 11.8. The summed E-state index contributed by atoms with van der Waals surface area (Å²) in [6.45, 7) is -0.0176. The van der Waals surface area contributed by atoms with Crippen LogP contribution in [0, 0.1) is 5.82 Å². The van der Waals surface area contributed by atoms with Crippen LogP contribution < -0.4 is 10.9 Å². The highest BCUT2D eigenvalue weighted by Crippen LogP contribution is 2.24. The molecule has 0 spiro atoms. The van der Waals surface area contributed by atoms with Gasteiger partial charge in [-0.05, 0) is 40.5 Å². The van der Waals surface area contributed by atoms with Gasteiger partial charge in [0.25, 0.3) is 5.56 Å². The highest BCUT2D eigenvalue weighted by molar-refractivity contribution is 5.91. The number of amides is 1. The minimum Gasteiger partial charge on any atom is -0.474 e. The largest absolute Gasteiger partial charge is 0.474 e. The van der Waals surface area contributed by atoms with Crippen LogP contribution in [0.5, 0.6) is 0 Å². The molecule has 1 aromatic heterocycles. The lowest BCUT2D eigenvalue weighted by molar-refractivity contribution is -0.145. The lowest BCUT2D eigenvalue weighted by atomic mass is 10.0. The van der Waals surface area contributed by atoms with Crippen molar-refractivity contribution in [3.63, 3.8) is 0 Å². The van der Waals surface area contributed by atoms with Crippen LogP contribution in [0.1, 0.15) is 34.4 Å². The quantitative estimate of drug-likeness (QED) is 0.0734. The molecule has 0 saturated heterocycles. The maximum absolute atomic E-state index is 15.5.